The fourth-order valence-electron chi connectivity index (χ4n) is 0. The summed E-state index contributed by atoms with van der Waals surface area (Å²) >= 11 is 0. The molecule has 5 heavy (non-hydrogen) atoms. The van der Waals surface area contributed by atoms with Crippen LogP contribution in [0.5, 0.6) is 0 Å². The predicted octanol–water partition coefficient (Wildman–Crippen LogP) is -6.29. The van der Waals surface area contributed by atoms with Gasteiger partial charge in [-0.05, 0) is 0 Å². The smallest absolute Gasteiger partial charge is 1.00 e. The number of hydrogen-bond donors (Lipinski definition) is 1. The first kappa shape index (κ1) is 15.7. The van der Waals surface area contributed by atoms with Gasteiger partial charge in [0, 0.05) is 0 Å². The van der Waals surface area contributed by atoms with Gasteiger partial charge in [0.15, 0.2) is 0 Å². The first-order chi connectivity index (χ1) is 1.41. The van der Waals surface area contributed by atoms with Gasteiger partial charge in [0.25, 0.3) is 6.47 Å². The van der Waals surface area contributed by atoms with Crippen molar-refractivity contribution in [3.8, 4) is 0 Å². The van der Waals surface area contributed by atoms with Crippen LogP contribution in [0.15, 0.2) is 0 Å². The first-order valence-corrected chi connectivity index (χ1v) is 0.494. The Morgan fingerprint density at radius 2 is 1.60 bits per heavy atom. The maximum atomic E-state index is 8.36. The second-order valence-corrected chi connectivity index (χ2v) is 0.105. The molecule has 0 saturated heterocycles. The van der Waals surface area contributed by atoms with Crippen LogP contribution >= 0.6 is 0 Å². The molecular weight excluding hydrogens is 257 g/mol. The quantitative estimate of drug-likeness (QED) is 0.439. The molecule has 0 aromatic rings. The van der Waals surface area contributed by atoms with Crippen LogP contribution in [0.4, 0.5) is 0 Å². The van der Waals surface area contributed by atoms with Gasteiger partial charge in [-0.15, -0.1) is 0 Å². The third kappa shape index (κ3) is 24.0. The summed E-state index contributed by atoms with van der Waals surface area (Å²) < 4.78 is 0. The van der Waals surface area contributed by atoms with Crippen molar-refractivity contribution in [3.05, 3.63) is 0 Å². The largest absolute Gasteiger partial charge is 1.00 e. The zero-order valence-corrected chi connectivity index (χ0v) is 10.7. The zero-order valence-electron chi connectivity index (χ0n) is 2.81. The van der Waals surface area contributed by atoms with E-state index >= 15 is 0 Å². The van der Waals surface area contributed by atoms with Crippen molar-refractivity contribution in [3.63, 3.8) is 0 Å². The Bertz CT molecular complexity index is 17.1. The summed E-state index contributed by atoms with van der Waals surface area (Å²) in [5.41, 5.74) is 0. The minimum Gasteiger partial charge on any atom is -1.00 e. The second-order valence-electron chi connectivity index (χ2n) is 0.105. The molecule has 2 nitrogen and oxygen atoms in total. The number of rotatable bonds is 0. The molecular formula is CH2BrCsO2. The SMILES string of the molecule is O=CO.[Br-].[Cs+]. The molecule has 0 rings (SSSR count). The van der Waals surface area contributed by atoms with Gasteiger partial charge in [0.05, 0.1) is 0 Å². The summed E-state index contributed by atoms with van der Waals surface area (Å²) in [7, 11) is 0. The van der Waals surface area contributed by atoms with Crippen LogP contribution < -0.4 is 85.9 Å². The summed E-state index contributed by atoms with van der Waals surface area (Å²) in [6.45, 7) is -0.250. The Kier molecular flexibility index (Phi) is 52.5. The number of hydrogen-bond acceptors (Lipinski definition) is 1. The van der Waals surface area contributed by atoms with E-state index < -0.39 is 0 Å². The topological polar surface area (TPSA) is 37.3 Å². The molecule has 4 heteroatoms. The zero-order chi connectivity index (χ0) is 2.71. The van der Waals surface area contributed by atoms with Crippen LogP contribution in [0, 0.1) is 0 Å². The van der Waals surface area contributed by atoms with E-state index in [1.165, 1.54) is 0 Å². The van der Waals surface area contributed by atoms with Gasteiger partial charge in [0.1, 0.15) is 0 Å². The standard InChI is InChI=1S/CH2O2.BrH.Cs/c2-1-3;;/h1H,(H,2,3);1H;/q;;+1/p-1. The van der Waals surface area contributed by atoms with E-state index in [0.717, 1.165) is 0 Å². The monoisotopic (exact) mass is 258 g/mol. The summed E-state index contributed by atoms with van der Waals surface area (Å²) in [4.78, 5) is 8.36. The molecule has 0 bridgehead atoms. The van der Waals surface area contributed by atoms with Crippen molar-refractivity contribution in [1.29, 1.82) is 0 Å². The second kappa shape index (κ2) is 16.7. The van der Waals surface area contributed by atoms with Gasteiger partial charge >= 0.3 is 68.9 Å². The maximum absolute atomic E-state index is 8.36. The van der Waals surface area contributed by atoms with Crippen LogP contribution in [-0.4, -0.2) is 11.6 Å². The van der Waals surface area contributed by atoms with E-state index in [0.29, 0.717) is 0 Å². The van der Waals surface area contributed by atoms with Crippen LogP contribution in [0.3, 0.4) is 0 Å². The van der Waals surface area contributed by atoms with Crippen molar-refractivity contribution in [2.75, 3.05) is 0 Å². The van der Waals surface area contributed by atoms with E-state index in [2.05, 4.69) is 0 Å². The van der Waals surface area contributed by atoms with Crippen molar-refractivity contribution < 1.29 is 95.8 Å². The molecule has 0 saturated carbocycles. The molecule has 0 aliphatic carbocycles. The predicted molar refractivity (Wildman–Crippen MR) is 8.69 cm³/mol. The molecule has 0 spiro atoms. The summed E-state index contributed by atoms with van der Waals surface area (Å²) in [5, 5.41) is 6.89. The normalized spacial score (nSPS) is 2.40. The summed E-state index contributed by atoms with van der Waals surface area (Å²) in [5.74, 6) is 0. The minimum atomic E-state index is -0.250. The van der Waals surface area contributed by atoms with Crippen LogP contribution in [-0.2, 0) is 4.79 Å². The molecule has 0 unspecified atom stereocenters. The third-order valence-corrected chi connectivity index (χ3v) is 0. The van der Waals surface area contributed by atoms with Gasteiger partial charge in [0.2, 0.25) is 0 Å². The molecule has 26 valence electrons. The van der Waals surface area contributed by atoms with E-state index in [1.807, 2.05) is 0 Å². The minimum absolute atomic E-state index is 0. The van der Waals surface area contributed by atoms with Gasteiger partial charge in [-0.1, -0.05) is 0 Å². The molecule has 0 aromatic carbocycles. The van der Waals surface area contributed by atoms with Crippen molar-refractivity contribution in [2.24, 2.45) is 0 Å². The third-order valence-electron chi connectivity index (χ3n) is 0. The van der Waals surface area contributed by atoms with E-state index in [9.17, 15) is 0 Å². The summed E-state index contributed by atoms with van der Waals surface area (Å²) in [6.07, 6.45) is 0. The molecule has 1 N–H and O–H groups in total. The number of carbonyl (C=O) groups is 1. The van der Waals surface area contributed by atoms with E-state index in [1.54, 1.807) is 0 Å². The van der Waals surface area contributed by atoms with Gasteiger partial charge in [-0.25, -0.2) is 0 Å². The molecule has 0 heterocycles. The number of halogens is 1. The van der Waals surface area contributed by atoms with Crippen molar-refractivity contribution in [2.45, 2.75) is 0 Å². The molecule has 0 aliphatic rings. The molecule has 0 fully saturated rings. The Morgan fingerprint density at radius 1 is 1.60 bits per heavy atom. The Labute approximate surface area is 99.5 Å². The fourth-order valence-corrected chi connectivity index (χ4v) is 0. The van der Waals surface area contributed by atoms with E-state index in [-0.39, 0.29) is 92.3 Å². The molecule has 0 radical (unpaired) electrons. The van der Waals surface area contributed by atoms with Crippen molar-refractivity contribution in [1.82, 2.24) is 0 Å². The average Bonchev–Trinajstić information content (AvgIpc) is 0.918. The van der Waals surface area contributed by atoms with Crippen LogP contribution in [0.1, 0.15) is 0 Å². The van der Waals surface area contributed by atoms with Crippen molar-refractivity contribution >= 4 is 6.47 Å². The molecule has 0 aliphatic heterocycles. The van der Waals surface area contributed by atoms with Crippen LogP contribution in [0.25, 0.3) is 0 Å². The maximum Gasteiger partial charge on any atom is 1.00 e. The first-order valence-electron chi connectivity index (χ1n) is 0.494. The molecule has 0 atom stereocenters. The Morgan fingerprint density at radius 3 is 1.60 bits per heavy atom. The Hall–Kier alpha value is 2.00. The van der Waals surface area contributed by atoms with E-state index in [4.69, 9.17) is 9.90 Å². The average molecular weight is 259 g/mol. The molecule has 0 amide bonds. The summed E-state index contributed by atoms with van der Waals surface area (Å²) in [6, 6.07) is 0. The Balaban J connectivity index is -0.0000000200. The van der Waals surface area contributed by atoms with Gasteiger partial charge in [-0.3, -0.25) is 4.79 Å². The number of carboxylic acid groups (broad SMARTS) is 1. The van der Waals surface area contributed by atoms with Gasteiger partial charge < -0.3 is 22.1 Å². The van der Waals surface area contributed by atoms with Crippen LogP contribution in [0.2, 0.25) is 0 Å². The van der Waals surface area contributed by atoms with Gasteiger partial charge in [-0.2, -0.15) is 0 Å². The molecule has 0 aromatic heterocycles. The fraction of sp³-hybridized carbons (Fsp3) is 0.